The Bertz CT molecular complexity index is 956. The smallest absolute Gasteiger partial charge is 0.338 e. The van der Waals surface area contributed by atoms with Gasteiger partial charge < -0.3 is 14.4 Å². The van der Waals surface area contributed by atoms with Gasteiger partial charge in [0, 0.05) is 18.1 Å². The molecule has 0 fully saturated rings. The Morgan fingerprint density at radius 3 is 2.61 bits per heavy atom. The number of amides is 1. The van der Waals surface area contributed by atoms with Gasteiger partial charge in [0.05, 0.1) is 16.3 Å². The van der Waals surface area contributed by atoms with Gasteiger partial charge in [0.2, 0.25) is 0 Å². The third-order valence-electron chi connectivity index (χ3n) is 3.97. The van der Waals surface area contributed by atoms with Crippen LogP contribution in [0.3, 0.4) is 0 Å². The quantitative estimate of drug-likeness (QED) is 0.568. The summed E-state index contributed by atoms with van der Waals surface area (Å²) >= 11 is 1.56. The summed E-state index contributed by atoms with van der Waals surface area (Å²) in [6.07, 6.45) is 0. The van der Waals surface area contributed by atoms with Gasteiger partial charge in [-0.15, -0.1) is 11.3 Å². The summed E-state index contributed by atoms with van der Waals surface area (Å²) in [5.74, 6) is -0.358. The van der Waals surface area contributed by atoms with Gasteiger partial charge in [0.1, 0.15) is 12.4 Å². The highest BCUT2D eigenvalue weighted by Crippen LogP contribution is 2.17. The maximum Gasteiger partial charge on any atom is 0.338 e. The lowest BCUT2D eigenvalue weighted by Gasteiger charge is -2.17. The molecule has 0 aliphatic carbocycles. The summed E-state index contributed by atoms with van der Waals surface area (Å²) in [7, 11) is 1.64. The summed E-state index contributed by atoms with van der Waals surface area (Å²) in [6.45, 7) is 1.91. The van der Waals surface area contributed by atoms with Crippen LogP contribution in [0.1, 0.15) is 21.1 Å². The molecule has 0 aliphatic heterocycles. The number of hydrogen-bond acceptors (Lipinski definition) is 6. The Morgan fingerprint density at radius 1 is 1.11 bits per heavy atom. The SMILES string of the molecule is Cc1nc(COc2cccc(C(=O)OCC(=O)N(C)c3ccccc3)c2)cs1. The fraction of sp³-hybridized carbons (Fsp3) is 0.190. The lowest BCUT2D eigenvalue weighted by atomic mass is 10.2. The van der Waals surface area contributed by atoms with Crippen molar-refractivity contribution in [2.75, 3.05) is 18.6 Å². The molecule has 2 aromatic carbocycles. The van der Waals surface area contributed by atoms with Crippen molar-refractivity contribution in [2.24, 2.45) is 0 Å². The van der Waals surface area contributed by atoms with Crippen LogP contribution in [0.25, 0.3) is 0 Å². The Balaban J connectivity index is 1.54. The zero-order valence-corrected chi connectivity index (χ0v) is 16.4. The van der Waals surface area contributed by atoms with Gasteiger partial charge in [-0.05, 0) is 37.3 Å². The van der Waals surface area contributed by atoms with Crippen molar-refractivity contribution in [2.45, 2.75) is 13.5 Å². The highest BCUT2D eigenvalue weighted by molar-refractivity contribution is 7.09. The van der Waals surface area contributed by atoms with E-state index in [4.69, 9.17) is 9.47 Å². The van der Waals surface area contributed by atoms with E-state index < -0.39 is 5.97 Å². The molecule has 3 aromatic rings. The number of aryl methyl sites for hydroxylation is 1. The molecular weight excluding hydrogens is 376 g/mol. The maximum absolute atomic E-state index is 12.3. The first-order valence-electron chi connectivity index (χ1n) is 8.65. The van der Waals surface area contributed by atoms with E-state index in [1.54, 1.807) is 42.6 Å². The average Bonchev–Trinajstić information content (AvgIpc) is 3.15. The van der Waals surface area contributed by atoms with E-state index in [1.165, 1.54) is 4.90 Å². The zero-order valence-electron chi connectivity index (χ0n) is 15.6. The molecule has 3 rings (SSSR count). The Labute approximate surface area is 167 Å². The fourth-order valence-electron chi connectivity index (χ4n) is 2.45. The lowest BCUT2D eigenvalue weighted by Crippen LogP contribution is -2.31. The first-order valence-corrected chi connectivity index (χ1v) is 9.53. The Hall–Kier alpha value is -3.19. The van der Waals surface area contributed by atoms with Gasteiger partial charge in [-0.25, -0.2) is 9.78 Å². The van der Waals surface area contributed by atoms with Crippen LogP contribution < -0.4 is 9.64 Å². The number of rotatable bonds is 7. The standard InChI is InChI=1S/C21H20N2O4S/c1-15-22-17(14-28-15)12-26-19-10-6-7-16(11-19)21(25)27-13-20(24)23(2)18-8-4-3-5-9-18/h3-11,14H,12-13H2,1-2H3. The summed E-state index contributed by atoms with van der Waals surface area (Å²) in [5.41, 5.74) is 1.89. The number of anilines is 1. The van der Waals surface area contributed by atoms with Crippen LogP contribution in [0.15, 0.2) is 60.0 Å². The van der Waals surface area contributed by atoms with E-state index in [0.717, 1.165) is 16.4 Å². The number of nitrogens with zero attached hydrogens (tertiary/aromatic N) is 2. The number of benzene rings is 2. The second-order valence-corrected chi connectivity index (χ2v) is 7.10. The molecule has 1 aromatic heterocycles. The fourth-order valence-corrected chi connectivity index (χ4v) is 3.04. The maximum atomic E-state index is 12.3. The van der Waals surface area contributed by atoms with Crippen LogP contribution in [-0.2, 0) is 16.1 Å². The molecular formula is C21H20N2O4S. The van der Waals surface area contributed by atoms with Crippen molar-refractivity contribution in [3.05, 3.63) is 76.2 Å². The van der Waals surface area contributed by atoms with Gasteiger partial charge in [-0.3, -0.25) is 4.79 Å². The van der Waals surface area contributed by atoms with Gasteiger partial charge in [-0.1, -0.05) is 24.3 Å². The van der Waals surface area contributed by atoms with Crippen LogP contribution in [0, 0.1) is 6.92 Å². The number of para-hydroxylation sites is 1. The molecule has 0 unspecified atom stereocenters. The minimum atomic E-state index is -0.579. The molecule has 0 aliphatic rings. The molecule has 0 saturated heterocycles. The number of carbonyl (C=O) groups is 2. The van der Waals surface area contributed by atoms with Crippen molar-refractivity contribution >= 4 is 28.9 Å². The molecule has 0 atom stereocenters. The average molecular weight is 396 g/mol. The summed E-state index contributed by atoms with van der Waals surface area (Å²) in [4.78, 5) is 30.3. The Kier molecular flexibility index (Phi) is 6.39. The minimum absolute atomic E-state index is 0.314. The summed E-state index contributed by atoms with van der Waals surface area (Å²) in [5, 5.41) is 2.91. The first kappa shape index (κ1) is 19.6. The van der Waals surface area contributed by atoms with Crippen LogP contribution >= 0.6 is 11.3 Å². The van der Waals surface area contributed by atoms with E-state index in [0.29, 0.717) is 17.9 Å². The number of carbonyl (C=O) groups excluding carboxylic acids is 2. The summed E-state index contributed by atoms with van der Waals surface area (Å²) in [6, 6.07) is 15.8. The van der Waals surface area contributed by atoms with Crippen molar-refractivity contribution in [3.8, 4) is 5.75 Å². The molecule has 144 valence electrons. The van der Waals surface area contributed by atoms with Crippen molar-refractivity contribution in [1.82, 2.24) is 4.98 Å². The molecule has 6 nitrogen and oxygen atoms in total. The van der Waals surface area contributed by atoms with E-state index in [2.05, 4.69) is 4.98 Å². The monoisotopic (exact) mass is 396 g/mol. The van der Waals surface area contributed by atoms with E-state index >= 15 is 0 Å². The van der Waals surface area contributed by atoms with Crippen molar-refractivity contribution < 1.29 is 19.1 Å². The molecule has 0 radical (unpaired) electrons. The van der Waals surface area contributed by atoms with Gasteiger partial charge in [0.15, 0.2) is 6.61 Å². The van der Waals surface area contributed by atoms with Crippen LogP contribution in [0.2, 0.25) is 0 Å². The van der Waals surface area contributed by atoms with Crippen molar-refractivity contribution in [3.63, 3.8) is 0 Å². The van der Waals surface area contributed by atoms with Gasteiger partial charge in [-0.2, -0.15) is 0 Å². The second kappa shape index (κ2) is 9.14. The Morgan fingerprint density at radius 2 is 1.89 bits per heavy atom. The summed E-state index contributed by atoms with van der Waals surface area (Å²) < 4.78 is 10.8. The minimum Gasteiger partial charge on any atom is -0.487 e. The van der Waals surface area contributed by atoms with Crippen LogP contribution in [0.5, 0.6) is 5.75 Å². The lowest BCUT2D eigenvalue weighted by molar-refractivity contribution is -0.121. The molecule has 1 amide bonds. The predicted molar refractivity (Wildman–Crippen MR) is 108 cm³/mol. The highest BCUT2D eigenvalue weighted by Gasteiger charge is 2.15. The molecule has 0 spiro atoms. The number of likely N-dealkylation sites (N-methyl/N-ethyl adjacent to an activating group) is 1. The van der Waals surface area contributed by atoms with Gasteiger partial charge in [0.25, 0.3) is 5.91 Å². The highest BCUT2D eigenvalue weighted by atomic mass is 32.1. The molecule has 28 heavy (non-hydrogen) atoms. The first-order chi connectivity index (χ1) is 13.5. The molecule has 0 N–H and O–H groups in total. The molecule has 0 bridgehead atoms. The topological polar surface area (TPSA) is 68.7 Å². The van der Waals surface area contributed by atoms with Crippen LogP contribution in [0.4, 0.5) is 5.69 Å². The number of aromatic nitrogens is 1. The molecule has 7 heteroatoms. The number of thiazole rings is 1. The second-order valence-electron chi connectivity index (χ2n) is 6.04. The van der Waals surface area contributed by atoms with Crippen LogP contribution in [-0.4, -0.2) is 30.5 Å². The third kappa shape index (κ3) is 5.17. The van der Waals surface area contributed by atoms with E-state index in [-0.39, 0.29) is 12.5 Å². The normalized spacial score (nSPS) is 10.4. The number of esters is 1. The number of ether oxygens (including phenoxy) is 2. The third-order valence-corrected chi connectivity index (χ3v) is 4.79. The van der Waals surface area contributed by atoms with E-state index in [1.807, 2.05) is 42.6 Å². The number of hydrogen-bond donors (Lipinski definition) is 0. The molecule has 1 heterocycles. The zero-order chi connectivity index (χ0) is 19.9. The predicted octanol–water partition coefficient (Wildman–Crippen LogP) is 3.85. The van der Waals surface area contributed by atoms with Gasteiger partial charge >= 0.3 is 5.97 Å². The van der Waals surface area contributed by atoms with E-state index in [9.17, 15) is 9.59 Å². The largest absolute Gasteiger partial charge is 0.487 e. The molecule has 0 saturated carbocycles. The van der Waals surface area contributed by atoms with Crippen molar-refractivity contribution in [1.29, 1.82) is 0 Å².